The topological polar surface area (TPSA) is 60.0 Å². The van der Waals surface area contributed by atoms with Gasteiger partial charge >= 0.3 is 6.03 Å². The summed E-state index contributed by atoms with van der Waals surface area (Å²) in [5.41, 5.74) is 1.69. The lowest BCUT2D eigenvalue weighted by molar-refractivity contribution is 0.113. The Morgan fingerprint density at radius 2 is 1.73 bits per heavy atom. The van der Waals surface area contributed by atoms with Crippen LogP contribution in [0.25, 0.3) is 0 Å². The van der Waals surface area contributed by atoms with Crippen LogP contribution in [0.5, 0.6) is 11.5 Å². The lowest BCUT2D eigenvalue weighted by Gasteiger charge is -2.29. The Labute approximate surface area is 154 Å². The second-order valence-corrected chi connectivity index (χ2v) is 5.92. The van der Waals surface area contributed by atoms with E-state index in [-0.39, 0.29) is 12.1 Å². The van der Waals surface area contributed by atoms with Crippen LogP contribution in [0.1, 0.15) is 12.5 Å². The molecule has 1 atom stereocenters. The summed E-state index contributed by atoms with van der Waals surface area (Å²) in [5, 5.41) is 2.93. The molecule has 0 aliphatic carbocycles. The highest BCUT2D eigenvalue weighted by atomic mass is 16.5. The zero-order valence-electron chi connectivity index (χ0n) is 15.7. The molecule has 0 fully saturated rings. The number of urea groups is 1. The number of nitrogens with zero attached hydrogens (tertiary/aromatic N) is 1. The molecule has 6 heteroatoms. The minimum atomic E-state index is -0.185. The summed E-state index contributed by atoms with van der Waals surface area (Å²) in [6, 6.07) is 14.7. The van der Waals surface area contributed by atoms with Gasteiger partial charge in [0.05, 0.1) is 26.9 Å². The van der Waals surface area contributed by atoms with Gasteiger partial charge in [-0.3, -0.25) is 0 Å². The highest BCUT2D eigenvalue weighted by Crippen LogP contribution is 2.28. The van der Waals surface area contributed by atoms with E-state index in [4.69, 9.17) is 14.2 Å². The number of ether oxygens (including phenoxy) is 3. The summed E-state index contributed by atoms with van der Waals surface area (Å²) >= 11 is 0. The summed E-state index contributed by atoms with van der Waals surface area (Å²) in [6.45, 7) is 2.81. The fraction of sp³-hybridized carbons (Fsp3) is 0.350. The van der Waals surface area contributed by atoms with Crippen molar-refractivity contribution in [3.05, 3.63) is 54.1 Å². The molecular formula is C20H26N2O4. The average molecular weight is 358 g/mol. The summed E-state index contributed by atoms with van der Waals surface area (Å²) in [4.78, 5) is 14.5. The number of carbonyl (C=O) groups excluding carboxylic acids is 1. The number of benzene rings is 2. The van der Waals surface area contributed by atoms with E-state index in [1.54, 1.807) is 26.2 Å². The molecule has 0 saturated carbocycles. The van der Waals surface area contributed by atoms with Gasteiger partial charge in [-0.05, 0) is 36.8 Å². The van der Waals surface area contributed by atoms with Gasteiger partial charge in [-0.2, -0.15) is 0 Å². The zero-order chi connectivity index (χ0) is 18.9. The van der Waals surface area contributed by atoms with Crippen LogP contribution >= 0.6 is 0 Å². The molecule has 26 heavy (non-hydrogen) atoms. The van der Waals surface area contributed by atoms with Crippen LogP contribution in [0.3, 0.4) is 0 Å². The van der Waals surface area contributed by atoms with Crippen molar-refractivity contribution in [2.45, 2.75) is 19.5 Å². The Bertz CT molecular complexity index is 706. The molecule has 0 bridgehead atoms. The van der Waals surface area contributed by atoms with Gasteiger partial charge in [-0.1, -0.05) is 24.3 Å². The molecule has 0 radical (unpaired) electrons. The number of amides is 2. The van der Waals surface area contributed by atoms with Crippen LogP contribution in [0.2, 0.25) is 0 Å². The van der Waals surface area contributed by atoms with Crippen LogP contribution in [0, 0.1) is 0 Å². The summed E-state index contributed by atoms with van der Waals surface area (Å²) in [6.07, 6.45) is 0. The molecule has 0 aromatic heterocycles. The van der Waals surface area contributed by atoms with E-state index in [2.05, 4.69) is 5.32 Å². The number of carbonyl (C=O) groups is 1. The number of para-hydroxylation sites is 1. The summed E-state index contributed by atoms with van der Waals surface area (Å²) in [5.74, 6) is 1.29. The van der Waals surface area contributed by atoms with Gasteiger partial charge in [0.1, 0.15) is 0 Å². The average Bonchev–Trinajstić information content (AvgIpc) is 2.66. The van der Waals surface area contributed by atoms with Crippen LogP contribution in [-0.4, -0.2) is 44.9 Å². The third-order valence-electron chi connectivity index (χ3n) is 4.03. The van der Waals surface area contributed by atoms with E-state index < -0.39 is 0 Å². The summed E-state index contributed by atoms with van der Waals surface area (Å²) in [7, 11) is 4.81. The Kier molecular flexibility index (Phi) is 7.29. The maximum absolute atomic E-state index is 12.8. The largest absolute Gasteiger partial charge is 0.493 e. The zero-order valence-corrected chi connectivity index (χ0v) is 15.7. The molecule has 2 aromatic rings. The molecule has 2 rings (SSSR count). The van der Waals surface area contributed by atoms with E-state index >= 15 is 0 Å². The quantitative estimate of drug-likeness (QED) is 0.780. The Hall–Kier alpha value is -2.73. The first-order valence-corrected chi connectivity index (χ1v) is 8.41. The number of methoxy groups -OCH3 is 3. The smallest absolute Gasteiger partial charge is 0.322 e. The molecule has 2 amide bonds. The van der Waals surface area contributed by atoms with Gasteiger partial charge in [0.15, 0.2) is 11.5 Å². The maximum atomic E-state index is 12.8. The van der Waals surface area contributed by atoms with E-state index in [0.717, 1.165) is 11.3 Å². The van der Waals surface area contributed by atoms with Crippen LogP contribution < -0.4 is 14.8 Å². The number of hydrogen-bond donors (Lipinski definition) is 1. The highest BCUT2D eigenvalue weighted by Gasteiger charge is 2.21. The monoisotopic (exact) mass is 358 g/mol. The lowest BCUT2D eigenvalue weighted by atomic mass is 10.1. The van der Waals surface area contributed by atoms with E-state index in [0.29, 0.717) is 24.7 Å². The molecular weight excluding hydrogens is 332 g/mol. The second kappa shape index (κ2) is 9.68. The van der Waals surface area contributed by atoms with Crippen LogP contribution in [0.4, 0.5) is 10.5 Å². The van der Waals surface area contributed by atoms with E-state index in [1.807, 2.05) is 55.5 Å². The minimum Gasteiger partial charge on any atom is -0.493 e. The Morgan fingerprint density at radius 3 is 2.35 bits per heavy atom. The van der Waals surface area contributed by atoms with Gasteiger partial charge in [-0.25, -0.2) is 4.79 Å². The van der Waals surface area contributed by atoms with Crippen molar-refractivity contribution < 1.29 is 19.0 Å². The van der Waals surface area contributed by atoms with Crippen LogP contribution in [-0.2, 0) is 11.3 Å². The molecule has 0 heterocycles. The van der Waals surface area contributed by atoms with Crippen molar-refractivity contribution in [2.24, 2.45) is 0 Å². The summed E-state index contributed by atoms with van der Waals surface area (Å²) < 4.78 is 15.9. The van der Waals surface area contributed by atoms with Crippen molar-refractivity contribution in [1.29, 1.82) is 0 Å². The number of rotatable bonds is 8. The first-order chi connectivity index (χ1) is 12.6. The first-order valence-electron chi connectivity index (χ1n) is 8.41. The number of nitrogens with one attached hydrogen (secondary N) is 1. The Balaban J connectivity index is 2.20. The normalized spacial score (nSPS) is 11.5. The van der Waals surface area contributed by atoms with Crippen molar-refractivity contribution >= 4 is 11.7 Å². The molecule has 0 unspecified atom stereocenters. The van der Waals surface area contributed by atoms with Crippen molar-refractivity contribution in [2.75, 3.05) is 33.3 Å². The predicted octanol–water partition coefficient (Wildman–Crippen LogP) is 3.77. The lowest BCUT2D eigenvalue weighted by Crippen LogP contribution is -2.43. The van der Waals surface area contributed by atoms with Gasteiger partial charge in [0, 0.05) is 19.3 Å². The van der Waals surface area contributed by atoms with Crippen LogP contribution in [0.15, 0.2) is 48.5 Å². The third-order valence-corrected chi connectivity index (χ3v) is 4.03. The van der Waals surface area contributed by atoms with E-state index in [1.165, 1.54) is 0 Å². The Morgan fingerprint density at radius 1 is 1.04 bits per heavy atom. The van der Waals surface area contributed by atoms with Gasteiger partial charge in [0.2, 0.25) is 0 Å². The molecule has 0 saturated heterocycles. The molecule has 0 spiro atoms. The molecule has 2 aromatic carbocycles. The highest BCUT2D eigenvalue weighted by molar-refractivity contribution is 5.89. The van der Waals surface area contributed by atoms with Gasteiger partial charge in [0.25, 0.3) is 0 Å². The fourth-order valence-electron chi connectivity index (χ4n) is 2.65. The van der Waals surface area contributed by atoms with Crippen molar-refractivity contribution in [1.82, 2.24) is 4.90 Å². The molecule has 140 valence electrons. The minimum absolute atomic E-state index is 0.100. The molecule has 0 aliphatic rings. The SMILES string of the molecule is COC[C@@H](C)N(Cc1ccc(OC)c(OC)c1)C(=O)Nc1ccccc1. The van der Waals surface area contributed by atoms with Crippen molar-refractivity contribution in [3.63, 3.8) is 0 Å². The maximum Gasteiger partial charge on any atom is 0.322 e. The molecule has 1 N–H and O–H groups in total. The predicted molar refractivity (Wildman–Crippen MR) is 102 cm³/mol. The fourth-order valence-corrected chi connectivity index (χ4v) is 2.65. The number of anilines is 1. The molecule has 0 aliphatic heterocycles. The van der Waals surface area contributed by atoms with E-state index in [9.17, 15) is 4.79 Å². The van der Waals surface area contributed by atoms with Crippen molar-refractivity contribution in [3.8, 4) is 11.5 Å². The first kappa shape index (κ1) is 19.6. The van der Waals surface area contributed by atoms with Gasteiger partial charge < -0.3 is 24.4 Å². The van der Waals surface area contributed by atoms with Gasteiger partial charge in [-0.15, -0.1) is 0 Å². The molecule has 6 nitrogen and oxygen atoms in total. The second-order valence-electron chi connectivity index (χ2n) is 5.92. The third kappa shape index (κ3) is 5.13. The standard InChI is InChI=1S/C20H26N2O4/c1-15(14-24-2)22(20(23)21-17-8-6-5-7-9-17)13-16-10-11-18(25-3)19(12-16)26-4/h5-12,15H,13-14H2,1-4H3,(H,21,23)/t15-/m1/s1. The number of hydrogen-bond acceptors (Lipinski definition) is 4.